The zero-order chi connectivity index (χ0) is 19.6. The highest BCUT2D eigenvalue weighted by molar-refractivity contribution is 7.22. The molecule has 1 fully saturated rings. The van der Waals surface area contributed by atoms with Gasteiger partial charge in [0.1, 0.15) is 5.75 Å². The van der Waals surface area contributed by atoms with Crippen molar-refractivity contribution in [2.24, 2.45) is 5.73 Å². The lowest BCUT2D eigenvalue weighted by molar-refractivity contribution is -0.274. The number of nitrogens with zero attached hydrogens (tertiary/aromatic N) is 2. The molecule has 1 aromatic heterocycles. The first-order chi connectivity index (χ1) is 12.8. The van der Waals surface area contributed by atoms with Gasteiger partial charge in [-0.05, 0) is 31.5 Å². The minimum atomic E-state index is -4.81. The van der Waals surface area contributed by atoms with Crippen LogP contribution in [0.25, 0.3) is 10.2 Å². The fourth-order valence-electron chi connectivity index (χ4n) is 2.82. The number of hydrogen-bond donors (Lipinski definition) is 2. The van der Waals surface area contributed by atoms with E-state index in [-0.39, 0.29) is 5.13 Å². The van der Waals surface area contributed by atoms with Crippen molar-refractivity contribution in [1.82, 2.24) is 10.3 Å². The molecular formula is C16H17F3N4O3S. The predicted molar refractivity (Wildman–Crippen MR) is 93.5 cm³/mol. The third-order valence-corrected chi connectivity index (χ3v) is 5.03. The summed E-state index contributed by atoms with van der Waals surface area (Å²) in [6.45, 7) is 0.274. The first-order valence-corrected chi connectivity index (χ1v) is 9.07. The maximum atomic E-state index is 12.8. The molecule has 1 aromatic carbocycles. The Kier molecular flexibility index (Phi) is 5.63. The van der Waals surface area contributed by atoms with Crippen LogP contribution in [-0.2, 0) is 9.59 Å². The van der Waals surface area contributed by atoms with Crippen molar-refractivity contribution < 1.29 is 27.5 Å². The number of rotatable bonds is 4. The van der Waals surface area contributed by atoms with Gasteiger partial charge in [0.2, 0.25) is 5.91 Å². The van der Waals surface area contributed by atoms with Crippen molar-refractivity contribution in [3.05, 3.63) is 18.2 Å². The normalized spacial score (nSPS) is 17.7. The summed E-state index contributed by atoms with van der Waals surface area (Å²) in [5.41, 5.74) is 5.78. The molecule has 11 heteroatoms. The van der Waals surface area contributed by atoms with Gasteiger partial charge in [-0.2, -0.15) is 0 Å². The Labute approximate surface area is 156 Å². The molecule has 0 unspecified atom stereocenters. The summed E-state index contributed by atoms with van der Waals surface area (Å²) in [5, 5.41) is 3.14. The van der Waals surface area contributed by atoms with E-state index >= 15 is 0 Å². The van der Waals surface area contributed by atoms with Crippen LogP contribution in [0.15, 0.2) is 18.2 Å². The molecule has 1 aliphatic rings. The van der Waals surface area contributed by atoms with Gasteiger partial charge in [-0.15, -0.1) is 13.2 Å². The van der Waals surface area contributed by atoms with Gasteiger partial charge in [0.15, 0.2) is 5.13 Å². The van der Waals surface area contributed by atoms with E-state index in [9.17, 15) is 22.8 Å². The molecule has 146 valence electrons. The smallest absolute Gasteiger partial charge is 0.406 e. The minimum absolute atomic E-state index is 0.0713. The number of piperidine rings is 1. The van der Waals surface area contributed by atoms with E-state index in [2.05, 4.69) is 15.0 Å². The number of aromatic nitrogens is 1. The van der Waals surface area contributed by atoms with E-state index in [1.54, 1.807) is 0 Å². The van der Waals surface area contributed by atoms with E-state index in [0.29, 0.717) is 23.2 Å². The number of halogens is 3. The summed E-state index contributed by atoms with van der Waals surface area (Å²) >= 11 is 0.924. The number of amides is 2. The maximum Gasteiger partial charge on any atom is 0.573 e. The third kappa shape index (κ3) is 4.54. The van der Waals surface area contributed by atoms with Gasteiger partial charge in [-0.1, -0.05) is 17.8 Å². The van der Waals surface area contributed by atoms with Crippen LogP contribution in [0, 0.1) is 0 Å². The highest BCUT2D eigenvalue weighted by Gasteiger charge is 2.33. The van der Waals surface area contributed by atoms with Crippen LogP contribution in [0.2, 0.25) is 0 Å². The number of benzene rings is 1. The molecule has 1 atom stereocenters. The Morgan fingerprint density at radius 2 is 2.15 bits per heavy atom. The lowest BCUT2D eigenvalue weighted by Crippen LogP contribution is -2.52. The fourth-order valence-corrected chi connectivity index (χ4v) is 3.84. The second-order valence-electron chi connectivity index (χ2n) is 5.95. The number of imide groups is 1. The number of alkyl halides is 3. The second-order valence-corrected chi connectivity index (χ2v) is 6.96. The summed E-state index contributed by atoms with van der Waals surface area (Å²) in [6, 6.07) is 3.10. The summed E-state index contributed by atoms with van der Waals surface area (Å²) in [6.07, 6.45) is -2.43. The maximum absolute atomic E-state index is 12.8. The Bertz CT molecular complexity index is 849. The van der Waals surface area contributed by atoms with Gasteiger partial charge >= 0.3 is 6.36 Å². The number of nitrogens with two attached hydrogens (primary N) is 1. The molecule has 27 heavy (non-hydrogen) atoms. The molecule has 2 amide bonds. The molecule has 1 saturated heterocycles. The van der Waals surface area contributed by atoms with E-state index in [1.165, 1.54) is 12.1 Å². The van der Waals surface area contributed by atoms with Gasteiger partial charge in [0.25, 0.3) is 5.91 Å². The molecule has 3 rings (SSSR count). The summed E-state index contributed by atoms with van der Waals surface area (Å²) in [4.78, 5) is 30.2. The number of fused-ring (bicyclic) bond motifs is 1. The molecule has 1 aliphatic heterocycles. The van der Waals surface area contributed by atoms with Crippen molar-refractivity contribution in [3.8, 4) is 5.75 Å². The average molecular weight is 402 g/mol. The van der Waals surface area contributed by atoms with Crippen LogP contribution in [0.5, 0.6) is 5.75 Å². The van der Waals surface area contributed by atoms with E-state index in [4.69, 9.17) is 5.73 Å². The summed E-state index contributed by atoms with van der Waals surface area (Å²) in [5.74, 6) is -1.49. The van der Waals surface area contributed by atoms with Crippen molar-refractivity contribution in [2.75, 3.05) is 18.0 Å². The Morgan fingerprint density at radius 1 is 1.37 bits per heavy atom. The van der Waals surface area contributed by atoms with Gasteiger partial charge in [0, 0.05) is 6.07 Å². The highest BCUT2D eigenvalue weighted by Crippen LogP contribution is 2.33. The van der Waals surface area contributed by atoms with Gasteiger partial charge in [-0.25, -0.2) is 9.88 Å². The Hall–Kier alpha value is -2.24. The number of ether oxygens (including phenoxy) is 1. The van der Waals surface area contributed by atoms with Gasteiger partial charge in [0.05, 0.1) is 22.8 Å². The van der Waals surface area contributed by atoms with Crippen LogP contribution in [-0.4, -0.2) is 42.3 Å². The number of thiazole rings is 1. The first kappa shape index (κ1) is 19.5. The van der Waals surface area contributed by atoms with Crippen molar-refractivity contribution in [2.45, 2.75) is 31.7 Å². The first-order valence-electron chi connectivity index (χ1n) is 8.25. The number of carbonyl (C=O) groups excluding carboxylic acids is 2. The Morgan fingerprint density at radius 3 is 2.78 bits per heavy atom. The SMILES string of the molecule is NCC(=O)N(C(=O)[C@@H]1CCCCN1)c1nc2ccc(OC(F)(F)F)cc2s1. The molecule has 2 aromatic rings. The molecule has 0 aliphatic carbocycles. The average Bonchev–Trinajstić information content (AvgIpc) is 3.03. The lowest BCUT2D eigenvalue weighted by atomic mass is 10.0. The highest BCUT2D eigenvalue weighted by atomic mass is 32.1. The molecular weight excluding hydrogens is 385 g/mol. The number of carbonyl (C=O) groups is 2. The standard InChI is InChI=1S/C16H17F3N4O3S/c17-16(18,19)26-9-4-5-10-12(7-9)27-15(22-10)23(13(24)8-20)14(25)11-3-1-2-6-21-11/h4-5,7,11,21H,1-3,6,8,20H2/t11-/m0/s1. The van der Waals surface area contributed by atoms with Crippen molar-refractivity contribution in [3.63, 3.8) is 0 Å². The third-order valence-electron chi connectivity index (χ3n) is 4.03. The topological polar surface area (TPSA) is 97.6 Å². The van der Waals surface area contributed by atoms with Crippen molar-refractivity contribution in [1.29, 1.82) is 0 Å². The molecule has 0 spiro atoms. The van der Waals surface area contributed by atoms with Crippen LogP contribution < -0.4 is 20.7 Å². The quantitative estimate of drug-likeness (QED) is 0.814. The molecule has 0 bridgehead atoms. The summed E-state index contributed by atoms with van der Waals surface area (Å²) in [7, 11) is 0. The van der Waals surface area contributed by atoms with Crippen LogP contribution in [0.3, 0.4) is 0 Å². The minimum Gasteiger partial charge on any atom is -0.406 e. The zero-order valence-electron chi connectivity index (χ0n) is 14.1. The van der Waals surface area contributed by atoms with Crippen LogP contribution >= 0.6 is 11.3 Å². The van der Waals surface area contributed by atoms with E-state index < -0.39 is 36.5 Å². The molecule has 0 radical (unpaired) electrons. The van der Waals surface area contributed by atoms with Crippen LogP contribution in [0.1, 0.15) is 19.3 Å². The molecule has 2 heterocycles. The Balaban J connectivity index is 1.93. The molecule has 3 N–H and O–H groups in total. The number of anilines is 1. The van der Waals surface area contributed by atoms with E-state index in [1.807, 2.05) is 0 Å². The van der Waals surface area contributed by atoms with Crippen LogP contribution in [0.4, 0.5) is 18.3 Å². The molecule has 7 nitrogen and oxygen atoms in total. The predicted octanol–water partition coefficient (Wildman–Crippen LogP) is 2.16. The zero-order valence-corrected chi connectivity index (χ0v) is 14.9. The van der Waals surface area contributed by atoms with Gasteiger partial charge < -0.3 is 15.8 Å². The number of hydrogen-bond acceptors (Lipinski definition) is 7. The summed E-state index contributed by atoms with van der Waals surface area (Å²) < 4.78 is 41.4. The second kappa shape index (κ2) is 7.79. The lowest BCUT2D eigenvalue weighted by Gasteiger charge is -2.27. The van der Waals surface area contributed by atoms with Gasteiger partial charge in [-0.3, -0.25) is 9.59 Å². The van der Waals surface area contributed by atoms with Crippen molar-refractivity contribution >= 4 is 38.5 Å². The monoisotopic (exact) mass is 402 g/mol. The largest absolute Gasteiger partial charge is 0.573 e. The fraction of sp³-hybridized carbons (Fsp3) is 0.438. The number of nitrogens with one attached hydrogen (secondary N) is 1. The van der Waals surface area contributed by atoms with E-state index in [0.717, 1.165) is 35.1 Å². The molecule has 0 saturated carbocycles.